The van der Waals surface area contributed by atoms with Crippen LogP contribution in [0.1, 0.15) is 16.7 Å². The fourth-order valence-corrected chi connectivity index (χ4v) is 2.83. The summed E-state index contributed by atoms with van der Waals surface area (Å²) in [6, 6.07) is 7.58. The molecule has 0 bridgehead atoms. The number of hydrogen-bond acceptors (Lipinski definition) is 5. The zero-order valence-corrected chi connectivity index (χ0v) is 11.6. The third-order valence-corrected chi connectivity index (χ3v) is 3.67. The first kappa shape index (κ1) is 13.5. The first-order valence-electron chi connectivity index (χ1n) is 5.97. The lowest BCUT2D eigenvalue weighted by Gasteiger charge is -2.12. The standard InChI is InChI=1S/C13H15N3O2S/c1-9(7-12-5-3-10(2)19-12)15-11-4-6-13(14-8-11)16(17)18/h3-6,8-9,15H,7H2,1-2H3. The summed E-state index contributed by atoms with van der Waals surface area (Å²) < 4.78 is 0. The predicted molar refractivity (Wildman–Crippen MR) is 76.7 cm³/mol. The molecule has 0 aliphatic heterocycles. The van der Waals surface area contributed by atoms with Crippen molar-refractivity contribution in [3.63, 3.8) is 0 Å². The lowest BCUT2D eigenvalue weighted by atomic mass is 10.2. The van der Waals surface area contributed by atoms with E-state index in [4.69, 9.17) is 0 Å². The van der Waals surface area contributed by atoms with E-state index in [-0.39, 0.29) is 11.9 Å². The van der Waals surface area contributed by atoms with Gasteiger partial charge in [-0.1, -0.05) is 0 Å². The van der Waals surface area contributed by atoms with Gasteiger partial charge in [-0.05, 0) is 42.0 Å². The molecule has 1 atom stereocenters. The Morgan fingerprint density at radius 2 is 2.21 bits per heavy atom. The van der Waals surface area contributed by atoms with Gasteiger partial charge in [0.05, 0.1) is 5.69 Å². The van der Waals surface area contributed by atoms with Gasteiger partial charge < -0.3 is 15.4 Å². The zero-order valence-electron chi connectivity index (χ0n) is 10.8. The molecule has 0 aromatic carbocycles. The number of anilines is 1. The maximum absolute atomic E-state index is 10.5. The summed E-state index contributed by atoms with van der Waals surface area (Å²) in [5.74, 6) is -0.132. The first-order chi connectivity index (χ1) is 9.04. The topological polar surface area (TPSA) is 68.1 Å². The molecule has 100 valence electrons. The van der Waals surface area contributed by atoms with Crippen LogP contribution in [0.4, 0.5) is 11.5 Å². The molecule has 0 saturated heterocycles. The van der Waals surface area contributed by atoms with E-state index in [0.717, 1.165) is 12.1 Å². The van der Waals surface area contributed by atoms with E-state index in [1.807, 2.05) is 0 Å². The summed E-state index contributed by atoms with van der Waals surface area (Å²) in [5.41, 5.74) is 0.798. The molecule has 0 fully saturated rings. The van der Waals surface area contributed by atoms with E-state index >= 15 is 0 Å². The number of hydrogen-bond donors (Lipinski definition) is 1. The van der Waals surface area contributed by atoms with Gasteiger partial charge in [-0.2, -0.15) is 0 Å². The van der Waals surface area contributed by atoms with Crippen LogP contribution in [-0.2, 0) is 6.42 Å². The van der Waals surface area contributed by atoms with Gasteiger partial charge in [-0.25, -0.2) is 0 Å². The minimum absolute atomic E-state index is 0.132. The number of nitrogens with zero attached hydrogens (tertiary/aromatic N) is 2. The highest BCUT2D eigenvalue weighted by molar-refractivity contribution is 7.11. The van der Waals surface area contributed by atoms with Gasteiger partial charge in [0.15, 0.2) is 6.20 Å². The van der Waals surface area contributed by atoms with Crippen molar-refractivity contribution in [1.82, 2.24) is 4.98 Å². The Bertz CT molecular complexity index is 566. The lowest BCUT2D eigenvalue weighted by molar-refractivity contribution is -0.389. The van der Waals surface area contributed by atoms with Gasteiger partial charge >= 0.3 is 5.82 Å². The van der Waals surface area contributed by atoms with Gasteiger partial charge in [0.2, 0.25) is 0 Å². The number of thiophene rings is 1. The van der Waals surface area contributed by atoms with Gasteiger partial charge in [-0.15, -0.1) is 11.3 Å². The number of nitro groups is 1. The molecule has 0 aliphatic carbocycles. The fraction of sp³-hybridized carbons (Fsp3) is 0.308. The molecular formula is C13H15N3O2S. The first-order valence-corrected chi connectivity index (χ1v) is 6.78. The lowest BCUT2D eigenvalue weighted by Crippen LogP contribution is -2.17. The van der Waals surface area contributed by atoms with Crippen LogP contribution in [0, 0.1) is 17.0 Å². The van der Waals surface area contributed by atoms with Crippen molar-refractivity contribution >= 4 is 22.8 Å². The molecule has 1 unspecified atom stereocenters. The molecule has 2 rings (SSSR count). The van der Waals surface area contributed by atoms with Crippen molar-refractivity contribution in [3.8, 4) is 0 Å². The molecular weight excluding hydrogens is 262 g/mol. The number of rotatable bonds is 5. The molecule has 2 aromatic heterocycles. The van der Waals surface area contributed by atoms with Crippen LogP contribution in [0.2, 0.25) is 0 Å². The second-order valence-corrected chi connectivity index (χ2v) is 5.80. The maximum atomic E-state index is 10.5. The van der Waals surface area contributed by atoms with E-state index in [1.165, 1.54) is 22.0 Å². The second-order valence-electron chi connectivity index (χ2n) is 4.42. The van der Waals surface area contributed by atoms with E-state index in [1.54, 1.807) is 17.4 Å². The Kier molecular flexibility index (Phi) is 4.11. The predicted octanol–water partition coefficient (Wildman–Crippen LogP) is 3.40. The van der Waals surface area contributed by atoms with Gasteiger partial charge in [0, 0.05) is 28.3 Å². The minimum Gasteiger partial charge on any atom is -0.379 e. The Balaban J connectivity index is 1.94. The number of pyridine rings is 1. The average molecular weight is 277 g/mol. The smallest absolute Gasteiger partial charge is 0.363 e. The van der Waals surface area contributed by atoms with Gasteiger partial charge in [0.25, 0.3) is 0 Å². The van der Waals surface area contributed by atoms with Crippen LogP contribution in [0.15, 0.2) is 30.5 Å². The summed E-state index contributed by atoms with van der Waals surface area (Å²) in [4.78, 5) is 16.4. The number of aryl methyl sites for hydroxylation is 1. The SMILES string of the molecule is Cc1ccc(CC(C)Nc2ccc([N+](=O)[O-])nc2)s1. The number of nitrogens with one attached hydrogen (secondary N) is 1. The molecule has 0 amide bonds. The Labute approximate surface area is 115 Å². The summed E-state index contributed by atoms with van der Waals surface area (Å²) in [7, 11) is 0. The van der Waals surface area contributed by atoms with Gasteiger partial charge in [-0.3, -0.25) is 0 Å². The third-order valence-electron chi connectivity index (χ3n) is 2.65. The van der Waals surface area contributed by atoms with Crippen molar-refractivity contribution < 1.29 is 4.92 Å². The largest absolute Gasteiger partial charge is 0.379 e. The Morgan fingerprint density at radius 1 is 1.42 bits per heavy atom. The molecule has 19 heavy (non-hydrogen) atoms. The van der Waals surface area contributed by atoms with E-state index in [0.29, 0.717) is 0 Å². The molecule has 0 aliphatic rings. The molecule has 5 nitrogen and oxygen atoms in total. The molecule has 2 heterocycles. The third kappa shape index (κ3) is 3.75. The van der Waals surface area contributed by atoms with Crippen molar-refractivity contribution in [2.45, 2.75) is 26.3 Å². The summed E-state index contributed by atoms with van der Waals surface area (Å²) in [6.45, 7) is 4.17. The zero-order chi connectivity index (χ0) is 13.8. The Morgan fingerprint density at radius 3 is 2.74 bits per heavy atom. The van der Waals surface area contributed by atoms with Crippen LogP contribution in [0.25, 0.3) is 0 Å². The highest BCUT2D eigenvalue weighted by atomic mass is 32.1. The van der Waals surface area contributed by atoms with Crippen LogP contribution >= 0.6 is 11.3 Å². The normalized spacial score (nSPS) is 12.1. The van der Waals surface area contributed by atoms with E-state index < -0.39 is 4.92 Å². The molecule has 0 spiro atoms. The van der Waals surface area contributed by atoms with Crippen molar-refractivity contribution in [2.24, 2.45) is 0 Å². The molecule has 6 heteroatoms. The second kappa shape index (κ2) is 5.79. The highest BCUT2D eigenvalue weighted by Crippen LogP contribution is 2.19. The molecule has 0 radical (unpaired) electrons. The monoisotopic (exact) mass is 277 g/mol. The van der Waals surface area contributed by atoms with Crippen molar-refractivity contribution in [2.75, 3.05) is 5.32 Å². The minimum atomic E-state index is -0.498. The average Bonchev–Trinajstić information content (AvgIpc) is 2.75. The summed E-state index contributed by atoms with van der Waals surface area (Å²) in [5, 5.41) is 13.8. The van der Waals surface area contributed by atoms with Crippen molar-refractivity contribution in [3.05, 3.63) is 50.3 Å². The number of aromatic nitrogens is 1. The van der Waals surface area contributed by atoms with Gasteiger partial charge in [0.1, 0.15) is 0 Å². The molecule has 2 aromatic rings. The van der Waals surface area contributed by atoms with Crippen LogP contribution < -0.4 is 5.32 Å². The fourth-order valence-electron chi connectivity index (χ4n) is 1.81. The van der Waals surface area contributed by atoms with E-state index in [9.17, 15) is 10.1 Å². The highest BCUT2D eigenvalue weighted by Gasteiger charge is 2.09. The molecule has 1 N–H and O–H groups in total. The van der Waals surface area contributed by atoms with E-state index in [2.05, 4.69) is 36.3 Å². The molecule has 0 saturated carbocycles. The maximum Gasteiger partial charge on any atom is 0.363 e. The summed E-state index contributed by atoms with van der Waals surface area (Å²) >= 11 is 1.79. The van der Waals surface area contributed by atoms with Crippen molar-refractivity contribution in [1.29, 1.82) is 0 Å². The van der Waals surface area contributed by atoms with Crippen LogP contribution in [-0.4, -0.2) is 15.9 Å². The van der Waals surface area contributed by atoms with Crippen LogP contribution in [0.3, 0.4) is 0 Å². The quantitative estimate of drug-likeness (QED) is 0.671. The Hall–Kier alpha value is -1.95. The van der Waals surface area contributed by atoms with Crippen LogP contribution in [0.5, 0.6) is 0 Å². The summed E-state index contributed by atoms with van der Waals surface area (Å²) in [6.07, 6.45) is 2.42.